The Morgan fingerprint density at radius 1 is 0.886 bits per heavy atom. The van der Waals surface area contributed by atoms with Gasteiger partial charge in [0.2, 0.25) is 0 Å². The highest BCUT2D eigenvalue weighted by molar-refractivity contribution is 6.30. The van der Waals surface area contributed by atoms with Crippen molar-refractivity contribution in [1.82, 2.24) is 10.7 Å². The molecule has 35 heavy (non-hydrogen) atoms. The van der Waals surface area contributed by atoms with Gasteiger partial charge in [0.05, 0.1) is 24.9 Å². The zero-order valence-corrected chi connectivity index (χ0v) is 19.7. The summed E-state index contributed by atoms with van der Waals surface area (Å²) < 4.78 is 10.8. The zero-order chi connectivity index (χ0) is 25.0. The standard InChI is InChI=1S/C26H24ClN3O5/c1-2-15-34-22-13-7-19(8-14-22)25(32)28-17-24(31)30-29-16-18-3-11-23(12-4-18)35-26(33)20-5-9-21(27)10-6-20/h3-14,16H,2,15,17H2,1H3,(H,28,32)(H,30,31)/b29-16+. The van der Waals surface area contributed by atoms with E-state index in [4.69, 9.17) is 21.1 Å². The summed E-state index contributed by atoms with van der Waals surface area (Å²) >= 11 is 5.82. The largest absolute Gasteiger partial charge is 0.494 e. The number of hydrogen-bond acceptors (Lipinski definition) is 6. The van der Waals surface area contributed by atoms with Gasteiger partial charge in [-0.25, -0.2) is 10.2 Å². The molecule has 9 heteroatoms. The van der Waals surface area contributed by atoms with Gasteiger partial charge in [-0.05, 0) is 84.8 Å². The van der Waals surface area contributed by atoms with Crippen LogP contribution in [0.25, 0.3) is 0 Å². The number of esters is 1. The van der Waals surface area contributed by atoms with Crippen molar-refractivity contribution in [3.05, 3.63) is 94.5 Å². The minimum absolute atomic E-state index is 0.232. The van der Waals surface area contributed by atoms with Crippen molar-refractivity contribution in [2.45, 2.75) is 13.3 Å². The van der Waals surface area contributed by atoms with Gasteiger partial charge in [-0.1, -0.05) is 18.5 Å². The number of nitrogens with zero attached hydrogens (tertiary/aromatic N) is 1. The van der Waals surface area contributed by atoms with Gasteiger partial charge < -0.3 is 14.8 Å². The molecular weight excluding hydrogens is 470 g/mol. The average molecular weight is 494 g/mol. The SMILES string of the molecule is CCCOc1ccc(C(=O)NCC(=O)N/N=C/c2ccc(OC(=O)c3ccc(Cl)cc3)cc2)cc1. The van der Waals surface area contributed by atoms with Crippen LogP contribution in [0, 0.1) is 0 Å². The lowest BCUT2D eigenvalue weighted by molar-refractivity contribution is -0.120. The molecule has 0 saturated heterocycles. The van der Waals surface area contributed by atoms with Crippen LogP contribution in [0.5, 0.6) is 11.5 Å². The molecule has 0 radical (unpaired) electrons. The smallest absolute Gasteiger partial charge is 0.343 e. The monoisotopic (exact) mass is 493 g/mol. The van der Waals surface area contributed by atoms with Crippen molar-refractivity contribution in [1.29, 1.82) is 0 Å². The Morgan fingerprint density at radius 2 is 1.51 bits per heavy atom. The number of rotatable bonds is 10. The number of ether oxygens (including phenoxy) is 2. The van der Waals surface area contributed by atoms with Crippen LogP contribution in [0.4, 0.5) is 0 Å². The quantitative estimate of drug-likeness (QED) is 0.190. The van der Waals surface area contributed by atoms with E-state index in [0.29, 0.717) is 39.8 Å². The van der Waals surface area contributed by atoms with Gasteiger partial charge in [-0.2, -0.15) is 5.10 Å². The van der Waals surface area contributed by atoms with E-state index in [2.05, 4.69) is 15.8 Å². The lowest BCUT2D eigenvalue weighted by Crippen LogP contribution is -2.34. The predicted molar refractivity (Wildman–Crippen MR) is 133 cm³/mol. The zero-order valence-electron chi connectivity index (χ0n) is 19.0. The topological polar surface area (TPSA) is 106 Å². The third kappa shape index (κ3) is 8.28. The molecule has 0 aliphatic heterocycles. The molecule has 3 aromatic rings. The number of hydrogen-bond donors (Lipinski definition) is 2. The molecule has 0 saturated carbocycles. The van der Waals surface area contributed by atoms with Crippen LogP contribution >= 0.6 is 11.6 Å². The first kappa shape index (κ1) is 25.5. The van der Waals surface area contributed by atoms with E-state index >= 15 is 0 Å². The lowest BCUT2D eigenvalue weighted by Gasteiger charge is -2.07. The third-order valence-corrected chi connectivity index (χ3v) is 4.82. The Morgan fingerprint density at radius 3 is 2.17 bits per heavy atom. The molecule has 0 heterocycles. The maximum absolute atomic E-state index is 12.2. The van der Waals surface area contributed by atoms with Crippen LogP contribution in [0.15, 0.2) is 77.9 Å². The van der Waals surface area contributed by atoms with Gasteiger partial charge in [0.25, 0.3) is 11.8 Å². The van der Waals surface area contributed by atoms with Crippen molar-refractivity contribution in [3.63, 3.8) is 0 Å². The summed E-state index contributed by atoms with van der Waals surface area (Å²) in [5.74, 6) is -0.318. The molecule has 3 rings (SSSR count). The van der Waals surface area contributed by atoms with Gasteiger partial charge in [0.1, 0.15) is 11.5 Å². The Balaban J connectivity index is 1.41. The fourth-order valence-corrected chi connectivity index (χ4v) is 2.90. The number of carbonyl (C=O) groups is 3. The maximum Gasteiger partial charge on any atom is 0.343 e. The second kappa shape index (κ2) is 12.9. The van der Waals surface area contributed by atoms with E-state index in [-0.39, 0.29) is 12.5 Å². The molecule has 0 atom stereocenters. The van der Waals surface area contributed by atoms with E-state index < -0.39 is 11.9 Å². The Labute approximate surface area is 207 Å². The van der Waals surface area contributed by atoms with Crippen molar-refractivity contribution in [2.75, 3.05) is 13.2 Å². The first-order chi connectivity index (χ1) is 16.9. The van der Waals surface area contributed by atoms with E-state index in [9.17, 15) is 14.4 Å². The fraction of sp³-hybridized carbons (Fsp3) is 0.154. The summed E-state index contributed by atoms with van der Waals surface area (Å²) in [4.78, 5) is 36.3. The van der Waals surface area contributed by atoms with Crippen LogP contribution < -0.4 is 20.2 Å². The molecule has 0 spiro atoms. The number of benzene rings is 3. The fourth-order valence-electron chi connectivity index (χ4n) is 2.78. The van der Waals surface area contributed by atoms with Gasteiger partial charge in [0.15, 0.2) is 0 Å². The van der Waals surface area contributed by atoms with Crippen molar-refractivity contribution >= 4 is 35.6 Å². The molecule has 0 unspecified atom stereocenters. The molecule has 0 aromatic heterocycles. The number of amides is 2. The Hall–Kier alpha value is -4.17. The first-order valence-corrected chi connectivity index (χ1v) is 11.2. The van der Waals surface area contributed by atoms with E-state index in [0.717, 1.165) is 6.42 Å². The molecule has 3 aromatic carbocycles. The molecule has 180 valence electrons. The third-order valence-electron chi connectivity index (χ3n) is 4.57. The molecule has 0 aliphatic rings. The molecule has 2 amide bonds. The van der Waals surface area contributed by atoms with E-state index in [1.807, 2.05) is 6.92 Å². The molecule has 0 fully saturated rings. The number of hydrazone groups is 1. The summed E-state index contributed by atoms with van der Waals surface area (Å²) in [5.41, 5.74) is 3.82. The second-order valence-corrected chi connectivity index (χ2v) is 7.75. The maximum atomic E-state index is 12.2. The highest BCUT2D eigenvalue weighted by atomic mass is 35.5. The van der Waals surface area contributed by atoms with Gasteiger partial charge in [0, 0.05) is 10.6 Å². The minimum Gasteiger partial charge on any atom is -0.494 e. The van der Waals surface area contributed by atoms with Crippen molar-refractivity contribution in [3.8, 4) is 11.5 Å². The molecular formula is C26H24ClN3O5. The van der Waals surface area contributed by atoms with Crippen molar-refractivity contribution < 1.29 is 23.9 Å². The Kier molecular flexibility index (Phi) is 9.39. The summed E-state index contributed by atoms with van der Waals surface area (Å²) in [6, 6.07) is 19.6. The summed E-state index contributed by atoms with van der Waals surface area (Å²) in [7, 11) is 0. The van der Waals surface area contributed by atoms with Crippen LogP contribution in [-0.4, -0.2) is 37.1 Å². The van der Waals surface area contributed by atoms with Gasteiger partial charge in [-0.15, -0.1) is 0 Å². The van der Waals surface area contributed by atoms with Gasteiger partial charge in [-0.3, -0.25) is 9.59 Å². The van der Waals surface area contributed by atoms with Crippen LogP contribution in [0.1, 0.15) is 39.6 Å². The number of halogens is 1. The highest BCUT2D eigenvalue weighted by Gasteiger charge is 2.09. The number of carbonyl (C=O) groups excluding carboxylic acids is 3. The van der Waals surface area contributed by atoms with E-state index in [1.54, 1.807) is 72.8 Å². The summed E-state index contributed by atoms with van der Waals surface area (Å²) in [6.45, 7) is 2.38. The normalized spacial score (nSPS) is 10.6. The molecule has 2 N–H and O–H groups in total. The summed E-state index contributed by atoms with van der Waals surface area (Å²) in [5, 5.41) is 6.93. The Bertz CT molecular complexity index is 1180. The first-order valence-electron chi connectivity index (χ1n) is 10.9. The highest BCUT2D eigenvalue weighted by Crippen LogP contribution is 2.15. The molecule has 8 nitrogen and oxygen atoms in total. The second-order valence-electron chi connectivity index (χ2n) is 7.31. The average Bonchev–Trinajstić information content (AvgIpc) is 2.87. The molecule has 0 bridgehead atoms. The molecule has 0 aliphatic carbocycles. The summed E-state index contributed by atoms with van der Waals surface area (Å²) in [6.07, 6.45) is 2.32. The van der Waals surface area contributed by atoms with Crippen LogP contribution in [0.2, 0.25) is 5.02 Å². The minimum atomic E-state index is -0.502. The van der Waals surface area contributed by atoms with Gasteiger partial charge >= 0.3 is 5.97 Å². The predicted octanol–water partition coefficient (Wildman–Crippen LogP) is 4.23. The lowest BCUT2D eigenvalue weighted by atomic mass is 10.2. The van der Waals surface area contributed by atoms with E-state index in [1.165, 1.54) is 6.21 Å². The van der Waals surface area contributed by atoms with Crippen LogP contribution in [0.3, 0.4) is 0 Å². The van der Waals surface area contributed by atoms with Crippen molar-refractivity contribution in [2.24, 2.45) is 5.10 Å². The van der Waals surface area contributed by atoms with Crippen LogP contribution in [-0.2, 0) is 4.79 Å². The number of nitrogens with one attached hydrogen (secondary N) is 2.